The van der Waals surface area contributed by atoms with Gasteiger partial charge in [-0.2, -0.15) is 4.31 Å². The van der Waals surface area contributed by atoms with E-state index in [1.807, 2.05) is 13.8 Å². The summed E-state index contributed by atoms with van der Waals surface area (Å²) in [6, 6.07) is 6.13. The molecule has 0 heterocycles. The van der Waals surface area contributed by atoms with Crippen LogP contribution in [0.25, 0.3) is 0 Å². The van der Waals surface area contributed by atoms with Crippen molar-refractivity contribution in [1.82, 2.24) is 9.62 Å². The Bertz CT molecular complexity index is 601. The van der Waals surface area contributed by atoms with Crippen LogP contribution in [0.4, 0.5) is 0 Å². The molecule has 8 heteroatoms. The molecule has 7 nitrogen and oxygen atoms in total. The molecule has 0 bridgehead atoms. The molecule has 136 valence electrons. The first kappa shape index (κ1) is 20.4. The number of nitrogens with one attached hydrogen (secondary N) is 1. The lowest BCUT2D eigenvalue weighted by atomic mass is 10.3. The average Bonchev–Trinajstić information content (AvgIpc) is 2.55. The van der Waals surface area contributed by atoms with Gasteiger partial charge in [-0.3, -0.25) is 4.79 Å². The van der Waals surface area contributed by atoms with E-state index in [-0.39, 0.29) is 17.3 Å². The van der Waals surface area contributed by atoms with E-state index in [4.69, 9.17) is 9.47 Å². The SMILES string of the molecule is CCOCCCNC(=O)CN(C)S(=O)(=O)c1ccc(OCC)cc1. The van der Waals surface area contributed by atoms with Gasteiger partial charge < -0.3 is 14.8 Å². The van der Waals surface area contributed by atoms with Crippen molar-refractivity contribution >= 4 is 15.9 Å². The van der Waals surface area contributed by atoms with Crippen LogP contribution in [-0.4, -0.2) is 58.6 Å². The van der Waals surface area contributed by atoms with Gasteiger partial charge >= 0.3 is 0 Å². The zero-order valence-corrected chi connectivity index (χ0v) is 15.3. The van der Waals surface area contributed by atoms with Crippen molar-refractivity contribution in [3.05, 3.63) is 24.3 Å². The Morgan fingerprint density at radius 3 is 2.42 bits per heavy atom. The topological polar surface area (TPSA) is 84.9 Å². The Kier molecular flexibility index (Phi) is 8.73. The number of rotatable bonds is 11. The first-order valence-electron chi connectivity index (χ1n) is 7.95. The molecule has 1 aromatic rings. The molecule has 1 N–H and O–H groups in total. The van der Waals surface area contributed by atoms with Gasteiger partial charge in [0.15, 0.2) is 0 Å². The minimum absolute atomic E-state index is 0.123. The van der Waals surface area contributed by atoms with Crippen molar-refractivity contribution in [2.24, 2.45) is 0 Å². The maximum atomic E-state index is 12.4. The first-order chi connectivity index (χ1) is 11.4. The molecular weight excluding hydrogens is 332 g/mol. The van der Waals surface area contributed by atoms with Gasteiger partial charge in [-0.1, -0.05) is 0 Å². The summed E-state index contributed by atoms with van der Waals surface area (Å²) in [6.45, 7) is 5.69. The molecule has 0 aromatic heterocycles. The fourth-order valence-electron chi connectivity index (χ4n) is 1.94. The maximum absolute atomic E-state index is 12.4. The largest absolute Gasteiger partial charge is 0.494 e. The van der Waals surface area contributed by atoms with Gasteiger partial charge in [-0.15, -0.1) is 0 Å². The second-order valence-electron chi connectivity index (χ2n) is 5.07. The van der Waals surface area contributed by atoms with Crippen LogP contribution < -0.4 is 10.1 Å². The normalized spacial score (nSPS) is 11.5. The van der Waals surface area contributed by atoms with Crippen molar-refractivity contribution in [1.29, 1.82) is 0 Å². The smallest absolute Gasteiger partial charge is 0.243 e. The summed E-state index contributed by atoms with van der Waals surface area (Å²) >= 11 is 0. The minimum Gasteiger partial charge on any atom is -0.494 e. The van der Waals surface area contributed by atoms with Gasteiger partial charge in [0, 0.05) is 26.8 Å². The van der Waals surface area contributed by atoms with E-state index in [9.17, 15) is 13.2 Å². The molecule has 24 heavy (non-hydrogen) atoms. The van der Waals surface area contributed by atoms with Crippen molar-refractivity contribution < 1.29 is 22.7 Å². The molecule has 1 rings (SSSR count). The van der Waals surface area contributed by atoms with E-state index in [0.29, 0.717) is 38.5 Å². The van der Waals surface area contributed by atoms with Crippen molar-refractivity contribution in [2.75, 3.05) is 40.0 Å². The van der Waals surface area contributed by atoms with E-state index in [2.05, 4.69) is 5.32 Å². The average molecular weight is 358 g/mol. The van der Waals surface area contributed by atoms with E-state index in [0.717, 1.165) is 4.31 Å². The molecule has 0 atom stereocenters. The van der Waals surface area contributed by atoms with Gasteiger partial charge in [-0.05, 0) is 44.5 Å². The standard InChI is InChI=1S/C16H26N2O5S/c1-4-22-12-6-11-17-16(19)13-18(3)24(20,21)15-9-7-14(8-10-15)23-5-2/h7-10H,4-6,11-13H2,1-3H3,(H,17,19). The van der Waals surface area contributed by atoms with E-state index in [1.54, 1.807) is 12.1 Å². The quantitative estimate of drug-likeness (QED) is 0.602. The highest BCUT2D eigenvalue weighted by atomic mass is 32.2. The lowest BCUT2D eigenvalue weighted by Crippen LogP contribution is -2.38. The predicted molar refractivity (Wildman–Crippen MR) is 91.5 cm³/mol. The molecule has 0 aliphatic carbocycles. The van der Waals surface area contributed by atoms with Crippen LogP contribution in [0.15, 0.2) is 29.2 Å². The van der Waals surface area contributed by atoms with Gasteiger partial charge in [0.05, 0.1) is 18.0 Å². The second-order valence-corrected chi connectivity index (χ2v) is 7.11. The molecule has 1 aromatic carbocycles. The Morgan fingerprint density at radius 1 is 1.17 bits per heavy atom. The Balaban J connectivity index is 2.55. The molecule has 0 aliphatic heterocycles. The first-order valence-corrected chi connectivity index (χ1v) is 9.39. The fraction of sp³-hybridized carbons (Fsp3) is 0.562. The number of sulfonamides is 1. The summed E-state index contributed by atoms with van der Waals surface area (Å²) in [7, 11) is -2.33. The molecule has 1 amide bonds. The summed E-state index contributed by atoms with van der Waals surface area (Å²) in [5.41, 5.74) is 0. The molecule has 0 fully saturated rings. The number of benzene rings is 1. The second kappa shape index (κ2) is 10.3. The Labute approximate surface area is 144 Å². The van der Waals surface area contributed by atoms with Crippen LogP contribution in [0, 0.1) is 0 Å². The van der Waals surface area contributed by atoms with Crippen LogP contribution in [0.2, 0.25) is 0 Å². The zero-order chi connectivity index (χ0) is 18.0. The highest BCUT2D eigenvalue weighted by Gasteiger charge is 2.22. The molecule has 0 radical (unpaired) electrons. The monoisotopic (exact) mass is 358 g/mol. The number of hydrogen-bond acceptors (Lipinski definition) is 5. The number of nitrogens with zero attached hydrogens (tertiary/aromatic N) is 1. The third-order valence-electron chi connectivity index (χ3n) is 3.20. The number of likely N-dealkylation sites (N-methyl/N-ethyl adjacent to an activating group) is 1. The Hall–Kier alpha value is -1.64. The molecular formula is C16H26N2O5S. The number of amides is 1. The minimum atomic E-state index is -3.71. The summed E-state index contributed by atoms with van der Waals surface area (Å²) in [5.74, 6) is 0.259. The van der Waals surface area contributed by atoms with E-state index < -0.39 is 10.0 Å². The Morgan fingerprint density at radius 2 is 1.83 bits per heavy atom. The number of carbonyl (C=O) groups excluding carboxylic acids is 1. The summed E-state index contributed by atoms with van der Waals surface area (Å²) in [6.07, 6.45) is 0.689. The van der Waals surface area contributed by atoms with E-state index in [1.165, 1.54) is 19.2 Å². The fourth-order valence-corrected chi connectivity index (χ4v) is 3.07. The highest BCUT2D eigenvalue weighted by molar-refractivity contribution is 7.89. The molecule has 0 saturated carbocycles. The number of carbonyl (C=O) groups is 1. The summed E-state index contributed by atoms with van der Waals surface area (Å²) < 4.78 is 36.4. The zero-order valence-electron chi connectivity index (χ0n) is 14.4. The van der Waals surface area contributed by atoms with Crippen LogP contribution in [0.1, 0.15) is 20.3 Å². The third-order valence-corrected chi connectivity index (χ3v) is 5.02. The van der Waals surface area contributed by atoms with Gasteiger partial charge in [0.2, 0.25) is 15.9 Å². The van der Waals surface area contributed by atoms with Crippen LogP contribution in [0.3, 0.4) is 0 Å². The summed E-state index contributed by atoms with van der Waals surface area (Å²) in [4.78, 5) is 11.9. The van der Waals surface area contributed by atoms with Crippen molar-refractivity contribution in [3.8, 4) is 5.75 Å². The lowest BCUT2D eigenvalue weighted by molar-refractivity contribution is -0.121. The van der Waals surface area contributed by atoms with Crippen LogP contribution >= 0.6 is 0 Å². The van der Waals surface area contributed by atoms with Crippen LogP contribution in [-0.2, 0) is 19.6 Å². The van der Waals surface area contributed by atoms with Crippen molar-refractivity contribution in [2.45, 2.75) is 25.2 Å². The maximum Gasteiger partial charge on any atom is 0.243 e. The molecule has 0 spiro atoms. The molecule has 0 saturated heterocycles. The summed E-state index contributed by atoms with van der Waals surface area (Å²) in [5, 5.41) is 2.68. The number of hydrogen-bond donors (Lipinski definition) is 1. The predicted octanol–water partition coefficient (Wildman–Crippen LogP) is 1.25. The molecule has 0 unspecified atom stereocenters. The van der Waals surface area contributed by atoms with Gasteiger partial charge in [0.1, 0.15) is 5.75 Å². The van der Waals surface area contributed by atoms with Gasteiger partial charge in [-0.25, -0.2) is 8.42 Å². The molecule has 0 aliphatic rings. The van der Waals surface area contributed by atoms with Crippen molar-refractivity contribution in [3.63, 3.8) is 0 Å². The lowest BCUT2D eigenvalue weighted by Gasteiger charge is -2.17. The number of ether oxygens (including phenoxy) is 2. The third kappa shape index (κ3) is 6.46. The van der Waals surface area contributed by atoms with E-state index >= 15 is 0 Å². The van der Waals surface area contributed by atoms with Gasteiger partial charge in [0.25, 0.3) is 0 Å². The highest BCUT2D eigenvalue weighted by Crippen LogP contribution is 2.18. The van der Waals surface area contributed by atoms with Crippen LogP contribution in [0.5, 0.6) is 5.75 Å².